The number of rotatable bonds is 4. The van der Waals surface area contributed by atoms with Crippen LogP contribution in [0.4, 0.5) is 5.00 Å². The summed E-state index contributed by atoms with van der Waals surface area (Å²) in [4.78, 5) is 11.9. The van der Waals surface area contributed by atoms with Gasteiger partial charge in [-0.1, -0.05) is 32.5 Å². The maximum Gasteiger partial charge on any atom is 0.235 e. The van der Waals surface area contributed by atoms with Gasteiger partial charge in [0.05, 0.1) is 11.3 Å². The molecular formula is C13H16N6OS2. The molecule has 0 aromatic carbocycles. The van der Waals surface area contributed by atoms with Crippen molar-refractivity contribution in [3.63, 3.8) is 0 Å². The Morgan fingerprint density at radius 2 is 2.27 bits per heavy atom. The van der Waals surface area contributed by atoms with Crippen LogP contribution < -0.4 is 11.2 Å². The monoisotopic (exact) mass is 336 g/mol. The molecule has 9 heteroatoms. The molecule has 0 aliphatic heterocycles. The Balaban J connectivity index is 1.98. The summed E-state index contributed by atoms with van der Waals surface area (Å²) in [7, 11) is 0. The van der Waals surface area contributed by atoms with E-state index in [4.69, 9.17) is 11.1 Å². The van der Waals surface area contributed by atoms with Crippen LogP contribution in [0.1, 0.15) is 32.2 Å². The minimum absolute atomic E-state index is 0.141. The van der Waals surface area contributed by atoms with Crippen LogP contribution in [0.15, 0.2) is 16.6 Å². The Bertz CT molecular complexity index is 722. The number of anilines is 1. The van der Waals surface area contributed by atoms with E-state index in [9.17, 15) is 4.79 Å². The molecule has 2 aromatic rings. The predicted octanol–water partition coefficient (Wildman–Crippen LogP) is 1.95. The molecule has 2 heterocycles. The van der Waals surface area contributed by atoms with Gasteiger partial charge < -0.3 is 11.2 Å². The fourth-order valence-corrected chi connectivity index (χ4v) is 3.08. The molecule has 0 atom stereocenters. The average molecular weight is 336 g/mol. The molecule has 3 N–H and O–H groups in total. The lowest BCUT2D eigenvalue weighted by Gasteiger charge is -2.16. The number of nitriles is 1. The van der Waals surface area contributed by atoms with Crippen LogP contribution in [-0.4, -0.2) is 26.5 Å². The van der Waals surface area contributed by atoms with Crippen LogP contribution in [0.2, 0.25) is 0 Å². The number of hydrogen-bond acceptors (Lipinski definition) is 7. The first-order valence-corrected chi connectivity index (χ1v) is 8.30. The zero-order valence-corrected chi connectivity index (χ0v) is 14.1. The smallest absolute Gasteiger partial charge is 0.235 e. The summed E-state index contributed by atoms with van der Waals surface area (Å²) >= 11 is 2.51. The minimum atomic E-state index is -0.221. The normalized spacial score (nSPS) is 11.2. The first-order chi connectivity index (χ1) is 10.3. The molecule has 7 nitrogen and oxygen atoms in total. The van der Waals surface area contributed by atoms with Gasteiger partial charge in [-0.25, -0.2) is 4.68 Å². The molecular weight excluding hydrogens is 320 g/mol. The Hall–Kier alpha value is -2.05. The summed E-state index contributed by atoms with van der Waals surface area (Å²) in [5.74, 6) is 6.53. The van der Waals surface area contributed by atoms with Crippen molar-refractivity contribution in [2.24, 2.45) is 0 Å². The van der Waals surface area contributed by atoms with E-state index in [1.807, 2.05) is 26.8 Å². The van der Waals surface area contributed by atoms with Gasteiger partial charge in [-0.2, -0.15) is 5.26 Å². The molecule has 0 aliphatic rings. The van der Waals surface area contributed by atoms with Crippen molar-refractivity contribution in [3.05, 3.63) is 22.8 Å². The van der Waals surface area contributed by atoms with Crippen molar-refractivity contribution in [2.75, 3.05) is 16.9 Å². The highest BCUT2D eigenvalue weighted by molar-refractivity contribution is 7.99. The maximum atomic E-state index is 11.9. The van der Waals surface area contributed by atoms with Crippen LogP contribution >= 0.6 is 23.1 Å². The van der Waals surface area contributed by atoms with E-state index in [0.717, 1.165) is 0 Å². The second-order valence-corrected chi connectivity index (χ2v) is 7.40. The number of carbonyl (C=O) groups is 1. The maximum absolute atomic E-state index is 11.9. The fourth-order valence-electron chi connectivity index (χ4n) is 1.67. The summed E-state index contributed by atoms with van der Waals surface area (Å²) < 4.78 is 1.41. The van der Waals surface area contributed by atoms with Crippen molar-refractivity contribution < 1.29 is 4.79 Å². The highest BCUT2D eigenvalue weighted by Gasteiger charge is 2.23. The van der Waals surface area contributed by atoms with Crippen molar-refractivity contribution in [1.82, 2.24) is 14.9 Å². The average Bonchev–Trinajstić information content (AvgIpc) is 3.02. The highest BCUT2D eigenvalue weighted by Crippen LogP contribution is 2.25. The number of nitrogens with one attached hydrogen (secondary N) is 1. The van der Waals surface area contributed by atoms with E-state index in [2.05, 4.69) is 15.5 Å². The number of nitrogens with two attached hydrogens (primary N) is 1. The SMILES string of the molecule is CC(C)(C)c1nnc(SCC(=O)Nc2sccc2C#N)n1N. The standard InChI is InChI=1S/C13H16N6OS2/c1-13(2,3)11-17-18-12(19(11)15)22-7-9(20)16-10-8(6-14)4-5-21-10/h4-5H,7,15H2,1-3H3,(H,16,20). The summed E-state index contributed by atoms with van der Waals surface area (Å²) in [6.07, 6.45) is 0. The number of carbonyl (C=O) groups excluding carboxylic acids is 1. The van der Waals surface area contributed by atoms with E-state index in [1.54, 1.807) is 11.4 Å². The lowest BCUT2D eigenvalue weighted by atomic mass is 9.96. The lowest BCUT2D eigenvalue weighted by Crippen LogP contribution is -2.24. The summed E-state index contributed by atoms with van der Waals surface area (Å²) in [5, 5.41) is 22.5. The highest BCUT2D eigenvalue weighted by atomic mass is 32.2. The minimum Gasteiger partial charge on any atom is -0.336 e. The lowest BCUT2D eigenvalue weighted by molar-refractivity contribution is -0.113. The summed E-state index contributed by atoms with van der Waals surface area (Å²) in [6.45, 7) is 5.96. The molecule has 116 valence electrons. The third kappa shape index (κ3) is 3.58. The van der Waals surface area contributed by atoms with Gasteiger partial charge in [-0.3, -0.25) is 4.79 Å². The zero-order valence-electron chi connectivity index (χ0n) is 12.5. The van der Waals surface area contributed by atoms with Crippen molar-refractivity contribution in [2.45, 2.75) is 31.3 Å². The van der Waals surface area contributed by atoms with Crippen molar-refractivity contribution >= 4 is 34.0 Å². The molecule has 0 bridgehead atoms. The van der Waals surface area contributed by atoms with Gasteiger partial charge in [0.25, 0.3) is 0 Å². The molecule has 0 saturated carbocycles. The largest absolute Gasteiger partial charge is 0.336 e. The quantitative estimate of drug-likeness (QED) is 0.652. The van der Waals surface area contributed by atoms with Crippen LogP contribution in [0.25, 0.3) is 0 Å². The molecule has 0 radical (unpaired) electrons. The second-order valence-electron chi connectivity index (χ2n) is 5.54. The molecule has 0 saturated heterocycles. The molecule has 22 heavy (non-hydrogen) atoms. The third-order valence-electron chi connectivity index (χ3n) is 2.71. The van der Waals surface area contributed by atoms with E-state index in [1.165, 1.54) is 27.8 Å². The van der Waals surface area contributed by atoms with E-state index >= 15 is 0 Å². The van der Waals surface area contributed by atoms with Gasteiger partial charge in [0.1, 0.15) is 11.1 Å². The van der Waals surface area contributed by atoms with Crippen LogP contribution in [0.3, 0.4) is 0 Å². The van der Waals surface area contributed by atoms with Crippen molar-refractivity contribution in [1.29, 1.82) is 5.26 Å². The zero-order chi connectivity index (χ0) is 16.3. The van der Waals surface area contributed by atoms with Gasteiger partial charge in [0.15, 0.2) is 5.82 Å². The van der Waals surface area contributed by atoms with Crippen LogP contribution in [-0.2, 0) is 10.2 Å². The second kappa shape index (κ2) is 6.37. The number of thioether (sulfide) groups is 1. The Morgan fingerprint density at radius 3 is 2.86 bits per heavy atom. The van der Waals surface area contributed by atoms with Crippen LogP contribution in [0.5, 0.6) is 0 Å². The van der Waals surface area contributed by atoms with Gasteiger partial charge >= 0.3 is 0 Å². The van der Waals surface area contributed by atoms with E-state index in [0.29, 0.717) is 21.5 Å². The third-order valence-corrected chi connectivity index (χ3v) is 4.48. The fraction of sp³-hybridized carbons (Fsp3) is 0.385. The molecule has 0 aliphatic carbocycles. The molecule has 2 aromatic heterocycles. The first kappa shape index (κ1) is 16.3. The molecule has 0 unspecified atom stereocenters. The molecule has 0 spiro atoms. The number of nitrogens with zero attached hydrogens (tertiary/aromatic N) is 4. The Morgan fingerprint density at radius 1 is 1.55 bits per heavy atom. The summed E-state index contributed by atoms with van der Waals surface area (Å²) in [6, 6.07) is 3.69. The number of nitrogen functional groups attached to an aromatic ring is 1. The van der Waals surface area contributed by atoms with Gasteiger partial charge in [0, 0.05) is 5.41 Å². The molecule has 1 amide bonds. The van der Waals surface area contributed by atoms with Gasteiger partial charge in [0.2, 0.25) is 11.1 Å². The topological polar surface area (TPSA) is 110 Å². The Kier molecular flexibility index (Phi) is 4.73. The van der Waals surface area contributed by atoms with E-state index in [-0.39, 0.29) is 17.1 Å². The molecule has 0 fully saturated rings. The first-order valence-electron chi connectivity index (χ1n) is 6.44. The number of aromatic nitrogens is 3. The van der Waals surface area contributed by atoms with Crippen molar-refractivity contribution in [3.8, 4) is 6.07 Å². The number of thiophene rings is 1. The number of amides is 1. The number of hydrogen-bond donors (Lipinski definition) is 2. The van der Waals surface area contributed by atoms with E-state index < -0.39 is 0 Å². The van der Waals surface area contributed by atoms with Gasteiger partial charge in [-0.15, -0.1) is 21.5 Å². The van der Waals surface area contributed by atoms with Gasteiger partial charge in [-0.05, 0) is 11.4 Å². The summed E-state index contributed by atoms with van der Waals surface area (Å²) in [5.41, 5.74) is 0.238. The Labute approximate surface area is 136 Å². The predicted molar refractivity (Wildman–Crippen MR) is 87.3 cm³/mol. The van der Waals surface area contributed by atoms with Crippen LogP contribution in [0, 0.1) is 11.3 Å². The molecule has 2 rings (SSSR count).